The Morgan fingerprint density at radius 1 is 1.10 bits per heavy atom. The van der Waals surface area contributed by atoms with Gasteiger partial charge in [0.15, 0.2) is 5.82 Å². The molecule has 0 atom stereocenters. The summed E-state index contributed by atoms with van der Waals surface area (Å²) in [6.45, 7) is 1.85. The highest BCUT2D eigenvalue weighted by atomic mass is 32.2. The number of anilines is 1. The molecule has 0 amide bonds. The van der Waals surface area contributed by atoms with Crippen LogP contribution in [0.3, 0.4) is 0 Å². The fourth-order valence-corrected chi connectivity index (χ4v) is 6.12. The van der Waals surface area contributed by atoms with Gasteiger partial charge in [0.2, 0.25) is 10.0 Å². The second-order valence-electron chi connectivity index (χ2n) is 8.38. The molecule has 30 heavy (non-hydrogen) atoms. The summed E-state index contributed by atoms with van der Waals surface area (Å²) in [7, 11) is -1.10. The number of imidazole rings is 1. The molecule has 0 spiro atoms. The third-order valence-corrected chi connectivity index (χ3v) is 8.61. The molecule has 1 N–H and O–H groups in total. The zero-order chi connectivity index (χ0) is 20.7. The number of benzene rings is 1. The van der Waals surface area contributed by atoms with Crippen molar-refractivity contribution in [2.24, 2.45) is 7.05 Å². The summed E-state index contributed by atoms with van der Waals surface area (Å²) < 4.78 is 28.8. The first-order valence-corrected chi connectivity index (χ1v) is 12.1. The highest BCUT2D eigenvalue weighted by Crippen LogP contribution is 2.36. The second-order valence-corrected chi connectivity index (χ2v) is 10.6. The number of rotatable bonds is 6. The van der Waals surface area contributed by atoms with E-state index < -0.39 is 10.0 Å². The fourth-order valence-electron chi connectivity index (χ4n) is 4.24. The van der Waals surface area contributed by atoms with E-state index in [2.05, 4.69) is 28.5 Å². The van der Waals surface area contributed by atoms with Gasteiger partial charge in [-0.2, -0.15) is 0 Å². The number of aromatic nitrogens is 3. The van der Waals surface area contributed by atoms with Crippen LogP contribution in [0.5, 0.6) is 0 Å². The first-order chi connectivity index (χ1) is 14.5. The van der Waals surface area contributed by atoms with E-state index in [1.807, 2.05) is 36.1 Å². The van der Waals surface area contributed by atoms with E-state index in [0.717, 1.165) is 48.2 Å². The minimum atomic E-state index is -3.09. The lowest BCUT2D eigenvalue weighted by atomic mass is 9.94. The van der Waals surface area contributed by atoms with E-state index >= 15 is 0 Å². The van der Waals surface area contributed by atoms with E-state index in [9.17, 15) is 8.42 Å². The number of nitrogens with zero attached hydrogens (tertiary/aromatic N) is 4. The molecule has 1 aliphatic carbocycles. The van der Waals surface area contributed by atoms with Crippen molar-refractivity contribution >= 4 is 26.9 Å². The van der Waals surface area contributed by atoms with Crippen molar-refractivity contribution in [3.63, 3.8) is 0 Å². The number of hydrogen-bond donors (Lipinski definition) is 1. The standard InChI is InChI=1S/C22H27N5O2S/c1-26-15-24-21-20(26)13-19(25-22(21)23-14-16-5-3-2-4-6-16)17-9-11-27(12-10-17)30(28,29)18-7-8-18/h2-6,13,15,17-18H,7-12,14H2,1H3,(H,23,25). The summed E-state index contributed by atoms with van der Waals surface area (Å²) >= 11 is 0. The molecule has 5 rings (SSSR count). The van der Waals surface area contributed by atoms with Crippen molar-refractivity contribution in [1.82, 2.24) is 18.8 Å². The Morgan fingerprint density at radius 2 is 1.83 bits per heavy atom. The van der Waals surface area contributed by atoms with Crippen LogP contribution in [-0.4, -0.2) is 45.6 Å². The van der Waals surface area contributed by atoms with Crippen molar-refractivity contribution in [2.75, 3.05) is 18.4 Å². The maximum Gasteiger partial charge on any atom is 0.216 e. The number of nitrogens with one attached hydrogen (secondary N) is 1. The van der Waals surface area contributed by atoms with Gasteiger partial charge in [-0.3, -0.25) is 0 Å². The lowest BCUT2D eigenvalue weighted by molar-refractivity contribution is 0.316. The zero-order valence-corrected chi connectivity index (χ0v) is 18.0. The maximum absolute atomic E-state index is 12.5. The highest BCUT2D eigenvalue weighted by molar-refractivity contribution is 7.90. The van der Waals surface area contributed by atoms with E-state index in [4.69, 9.17) is 4.98 Å². The zero-order valence-electron chi connectivity index (χ0n) is 17.2. The summed E-state index contributed by atoms with van der Waals surface area (Å²) in [6, 6.07) is 12.4. The molecule has 1 aliphatic heterocycles. The Balaban J connectivity index is 1.37. The van der Waals surface area contributed by atoms with Crippen LogP contribution in [0.25, 0.3) is 11.0 Å². The monoisotopic (exact) mass is 425 g/mol. The summed E-state index contributed by atoms with van der Waals surface area (Å²) in [4.78, 5) is 9.47. The number of aryl methyl sites for hydroxylation is 1. The minimum absolute atomic E-state index is 0.133. The molecule has 0 unspecified atom stereocenters. The topological polar surface area (TPSA) is 80.1 Å². The molecule has 1 saturated heterocycles. The summed E-state index contributed by atoms with van der Waals surface area (Å²) in [5, 5.41) is 3.33. The van der Waals surface area contributed by atoms with Crippen molar-refractivity contribution < 1.29 is 8.42 Å². The molecule has 8 heteroatoms. The molecule has 1 saturated carbocycles. The summed E-state index contributed by atoms with van der Waals surface area (Å²) in [5.74, 6) is 1.05. The average molecular weight is 426 g/mol. The van der Waals surface area contributed by atoms with Gasteiger partial charge >= 0.3 is 0 Å². The molecule has 2 fully saturated rings. The fraction of sp³-hybridized carbons (Fsp3) is 0.455. The lowest BCUT2D eigenvalue weighted by Crippen LogP contribution is -2.39. The van der Waals surface area contributed by atoms with Crippen molar-refractivity contribution in [2.45, 2.75) is 43.4 Å². The van der Waals surface area contributed by atoms with Crippen molar-refractivity contribution in [3.8, 4) is 0 Å². The second kappa shape index (κ2) is 7.67. The molecule has 7 nitrogen and oxygen atoms in total. The molecule has 0 radical (unpaired) electrons. The molecule has 3 aromatic rings. The van der Waals surface area contributed by atoms with Crippen molar-refractivity contribution in [1.29, 1.82) is 0 Å². The molecule has 1 aromatic carbocycles. The van der Waals surface area contributed by atoms with Gasteiger partial charge in [0.05, 0.1) is 17.1 Å². The van der Waals surface area contributed by atoms with Gasteiger partial charge in [-0.25, -0.2) is 22.7 Å². The Hall–Kier alpha value is -2.45. The quantitative estimate of drug-likeness (QED) is 0.656. The smallest absolute Gasteiger partial charge is 0.216 e. The van der Waals surface area contributed by atoms with E-state index in [-0.39, 0.29) is 11.2 Å². The SMILES string of the molecule is Cn1cnc2c(NCc3ccccc3)nc(C3CCN(S(=O)(=O)C4CC4)CC3)cc21. The summed E-state index contributed by atoms with van der Waals surface area (Å²) in [6.07, 6.45) is 5.06. The van der Waals surface area contributed by atoms with Gasteiger partial charge in [-0.15, -0.1) is 0 Å². The normalized spacial score (nSPS) is 18.7. The molecule has 0 bridgehead atoms. The number of pyridine rings is 1. The molecule has 2 aromatic heterocycles. The molecular formula is C22H27N5O2S. The Morgan fingerprint density at radius 3 is 2.53 bits per heavy atom. The van der Waals surface area contributed by atoms with Crippen LogP contribution < -0.4 is 5.32 Å². The first-order valence-electron chi connectivity index (χ1n) is 10.6. The first kappa shape index (κ1) is 19.5. The predicted molar refractivity (Wildman–Crippen MR) is 118 cm³/mol. The van der Waals surface area contributed by atoms with Crippen LogP contribution in [0.2, 0.25) is 0 Å². The van der Waals surface area contributed by atoms with Gasteiger partial charge < -0.3 is 9.88 Å². The minimum Gasteiger partial charge on any atom is -0.364 e. The van der Waals surface area contributed by atoms with Crippen LogP contribution in [-0.2, 0) is 23.6 Å². The molecule has 158 valence electrons. The van der Waals surface area contributed by atoms with Crippen LogP contribution in [0, 0.1) is 0 Å². The average Bonchev–Trinajstić information content (AvgIpc) is 3.57. The van der Waals surface area contributed by atoms with Gasteiger partial charge in [0.25, 0.3) is 0 Å². The predicted octanol–water partition coefficient (Wildman–Crippen LogP) is 3.25. The Kier molecular flexibility index (Phi) is 4.99. The van der Waals surface area contributed by atoms with Gasteiger partial charge in [0, 0.05) is 38.3 Å². The van der Waals surface area contributed by atoms with Gasteiger partial charge in [-0.05, 0) is 37.3 Å². The molecule has 2 aliphatic rings. The molecule has 3 heterocycles. The Bertz CT molecular complexity index is 1150. The summed E-state index contributed by atoms with van der Waals surface area (Å²) in [5.41, 5.74) is 4.12. The third kappa shape index (κ3) is 3.70. The number of hydrogen-bond acceptors (Lipinski definition) is 5. The van der Waals surface area contributed by atoms with Gasteiger partial charge in [0.1, 0.15) is 5.52 Å². The number of fused-ring (bicyclic) bond motifs is 1. The third-order valence-electron chi connectivity index (χ3n) is 6.21. The van der Waals surface area contributed by atoms with Crippen molar-refractivity contribution in [3.05, 3.63) is 54.0 Å². The van der Waals surface area contributed by atoms with E-state index in [1.54, 1.807) is 4.31 Å². The van der Waals surface area contributed by atoms with E-state index in [0.29, 0.717) is 19.6 Å². The maximum atomic E-state index is 12.5. The highest BCUT2D eigenvalue weighted by Gasteiger charge is 2.41. The Labute approximate surface area is 177 Å². The number of sulfonamides is 1. The van der Waals surface area contributed by atoms with Crippen LogP contribution >= 0.6 is 0 Å². The number of piperidine rings is 1. The molecular weight excluding hydrogens is 398 g/mol. The van der Waals surface area contributed by atoms with Crippen LogP contribution in [0.15, 0.2) is 42.7 Å². The largest absolute Gasteiger partial charge is 0.364 e. The lowest BCUT2D eigenvalue weighted by Gasteiger charge is -2.31. The van der Waals surface area contributed by atoms with Crippen LogP contribution in [0.1, 0.15) is 42.9 Å². The van der Waals surface area contributed by atoms with E-state index in [1.165, 1.54) is 5.56 Å². The van der Waals surface area contributed by atoms with Crippen LogP contribution in [0.4, 0.5) is 5.82 Å². The van der Waals surface area contributed by atoms with Gasteiger partial charge in [-0.1, -0.05) is 30.3 Å².